The van der Waals surface area contributed by atoms with E-state index in [1.807, 2.05) is 18.2 Å². The van der Waals surface area contributed by atoms with Crippen LogP contribution >= 0.6 is 0 Å². The minimum Gasteiger partial charge on any atom is -0.396 e. The number of aliphatic hydroxyl groups is 1. The first-order valence-corrected chi connectivity index (χ1v) is 3.32. The average molecular weight is 134 g/mol. The highest BCUT2D eigenvalue weighted by molar-refractivity contribution is 5.38. The van der Waals surface area contributed by atoms with Gasteiger partial charge in [-0.15, -0.1) is 6.42 Å². The Kier molecular flexibility index (Phi) is 2.30. The molecule has 0 aromatic carbocycles. The summed E-state index contributed by atoms with van der Waals surface area (Å²) in [5.74, 6) is 2.82. The molecule has 1 N–H and O–H groups in total. The van der Waals surface area contributed by atoms with Gasteiger partial charge in [0, 0.05) is 18.1 Å². The second-order valence-corrected chi connectivity index (χ2v) is 2.34. The van der Waals surface area contributed by atoms with Crippen LogP contribution in [0.4, 0.5) is 0 Å². The largest absolute Gasteiger partial charge is 0.396 e. The van der Waals surface area contributed by atoms with Crippen LogP contribution in [0.2, 0.25) is 0 Å². The van der Waals surface area contributed by atoms with Gasteiger partial charge in [-0.25, -0.2) is 0 Å². The molecule has 10 heavy (non-hydrogen) atoms. The second kappa shape index (κ2) is 3.24. The first kappa shape index (κ1) is 7.11. The summed E-state index contributed by atoms with van der Waals surface area (Å²) < 4.78 is 0. The lowest BCUT2D eigenvalue weighted by Gasteiger charge is -2.09. The van der Waals surface area contributed by atoms with Crippen molar-refractivity contribution in [3.63, 3.8) is 0 Å². The van der Waals surface area contributed by atoms with Crippen LogP contribution in [0.1, 0.15) is 6.42 Å². The van der Waals surface area contributed by atoms with E-state index in [1.54, 1.807) is 0 Å². The lowest BCUT2D eigenvalue weighted by atomic mass is 9.98. The van der Waals surface area contributed by atoms with E-state index in [1.165, 1.54) is 0 Å². The molecule has 0 spiro atoms. The van der Waals surface area contributed by atoms with Gasteiger partial charge in [-0.2, -0.15) is 0 Å². The maximum Gasteiger partial charge on any atom is 0.0496 e. The third kappa shape index (κ3) is 1.49. The quantitative estimate of drug-likeness (QED) is 0.533. The highest BCUT2D eigenvalue weighted by Crippen LogP contribution is 2.14. The molecule has 52 valence electrons. The standard InChI is InChI=1S/C9H10O/c1-2-8-3-5-9(7-10)6-4-8/h1,3-5,9-10H,6-7H2. The molecule has 1 rings (SSSR count). The van der Waals surface area contributed by atoms with Gasteiger partial charge in [0.05, 0.1) is 0 Å². The lowest BCUT2D eigenvalue weighted by Crippen LogP contribution is -2.03. The Hall–Kier alpha value is -1.00. The van der Waals surface area contributed by atoms with Crippen molar-refractivity contribution in [3.05, 3.63) is 23.8 Å². The van der Waals surface area contributed by atoms with Crippen molar-refractivity contribution >= 4 is 0 Å². The Morgan fingerprint density at radius 2 is 2.60 bits per heavy atom. The summed E-state index contributed by atoms with van der Waals surface area (Å²) in [5.41, 5.74) is 0.921. The molecule has 1 unspecified atom stereocenters. The third-order valence-electron chi connectivity index (χ3n) is 1.59. The molecule has 1 aliphatic carbocycles. The lowest BCUT2D eigenvalue weighted by molar-refractivity contribution is 0.253. The second-order valence-electron chi connectivity index (χ2n) is 2.34. The Morgan fingerprint density at radius 1 is 1.80 bits per heavy atom. The third-order valence-corrected chi connectivity index (χ3v) is 1.59. The molecule has 0 saturated carbocycles. The van der Waals surface area contributed by atoms with Crippen molar-refractivity contribution in [3.8, 4) is 12.3 Å². The number of terminal acetylenes is 1. The first-order valence-electron chi connectivity index (χ1n) is 3.32. The Morgan fingerprint density at radius 3 is 3.00 bits per heavy atom. The number of aliphatic hydroxyl groups excluding tert-OH is 1. The molecule has 0 bridgehead atoms. The minimum atomic E-state index is 0.213. The predicted molar refractivity (Wildman–Crippen MR) is 41.2 cm³/mol. The Balaban J connectivity index is 2.57. The fraction of sp³-hybridized carbons (Fsp3) is 0.333. The fourth-order valence-corrected chi connectivity index (χ4v) is 0.907. The van der Waals surface area contributed by atoms with E-state index in [0.29, 0.717) is 0 Å². The van der Waals surface area contributed by atoms with E-state index >= 15 is 0 Å². The summed E-state index contributed by atoms with van der Waals surface area (Å²) >= 11 is 0. The molecule has 0 heterocycles. The van der Waals surface area contributed by atoms with E-state index in [2.05, 4.69) is 5.92 Å². The van der Waals surface area contributed by atoms with E-state index in [9.17, 15) is 0 Å². The van der Waals surface area contributed by atoms with Crippen LogP contribution in [-0.2, 0) is 0 Å². The molecular weight excluding hydrogens is 124 g/mol. The van der Waals surface area contributed by atoms with Crippen LogP contribution in [0.15, 0.2) is 23.8 Å². The maximum atomic E-state index is 8.72. The van der Waals surface area contributed by atoms with Gasteiger partial charge in [0.25, 0.3) is 0 Å². The molecule has 1 atom stereocenters. The van der Waals surface area contributed by atoms with Gasteiger partial charge < -0.3 is 5.11 Å². The number of hydrogen-bond donors (Lipinski definition) is 1. The molecule has 1 nitrogen and oxygen atoms in total. The van der Waals surface area contributed by atoms with E-state index < -0.39 is 0 Å². The highest BCUT2D eigenvalue weighted by atomic mass is 16.3. The predicted octanol–water partition coefficient (Wildman–Crippen LogP) is 1.11. The van der Waals surface area contributed by atoms with E-state index in [-0.39, 0.29) is 12.5 Å². The zero-order valence-corrected chi connectivity index (χ0v) is 5.75. The minimum absolute atomic E-state index is 0.213. The molecule has 0 aromatic rings. The maximum absolute atomic E-state index is 8.72. The van der Waals surface area contributed by atoms with Crippen LogP contribution in [-0.4, -0.2) is 11.7 Å². The first-order chi connectivity index (χ1) is 4.86. The molecule has 0 amide bonds. The molecule has 0 aromatic heterocycles. The summed E-state index contributed by atoms with van der Waals surface area (Å²) in [7, 11) is 0. The zero-order chi connectivity index (χ0) is 7.40. The number of allylic oxidation sites excluding steroid dienone is 3. The summed E-state index contributed by atoms with van der Waals surface area (Å²) in [6.45, 7) is 0.213. The van der Waals surface area contributed by atoms with Gasteiger partial charge in [-0.3, -0.25) is 0 Å². The smallest absolute Gasteiger partial charge is 0.0496 e. The van der Waals surface area contributed by atoms with Crippen molar-refractivity contribution in [2.75, 3.05) is 6.61 Å². The SMILES string of the molecule is C#CC1=CCC(CO)C=C1. The van der Waals surface area contributed by atoms with Crippen LogP contribution in [0.25, 0.3) is 0 Å². The van der Waals surface area contributed by atoms with Gasteiger partial charge in [0.2, 0.25) is 0 Å². The summed E-state index contributed by atoms with van der Waals surface area (Å²) in [5, 5.41) is 8.72. The summed E-state index contributed by atoms with van der Waals surface area (Å²) in [6, 6.07) is 0. The molecule has 0 aliphatic heterocycles. The van der Waals surface area contributed by atoms with Crippen LogP contribution in [0.5, 0.6) is 0 Å². The number of rotatable bonds is 1. The van der Waals surface area contributed by atoms with Gasteiger partial charge >= 0.3 is 0 Å². The Labute approximate surface area is 61.1 Å². The summed E-state index contributed by atoms with van der Waals surface area (Å²) in [4.78, 5) is 0. The van der Waals surface area contributed by atoms with Gasteiger partial charge in [-0.05, 0) is 6.42 Å². The average Bonchev–Trinajstić information content (AvgIpc) is 2.05. The highest BCUT2D eigenvalue weighted by Gasteiger charge is 2.04. The molecular formula is C9H10O. The van der Waals surface area contributed by atoms with E-state index in [4.69, 9.17) is 11.5 Å². The normalized spacial score (nSPS) is 23.6. The fourth-order valence-electron chi connectivity index (χ4n) is 0.907. The monoisotopic (exact) mass is 134 g/mol. The number of hydrogen-bond acceptors (Lipinski definition) is 1. The van der Waals surface area contributed by atoms with Crippen molar-refractivity contribution < 1.29 is 5.11 Å². The topological polar surface area (TPSA) is 20.2 Å². The van der Waals surface area contributed by atoms with Crippen molar-refractivity contribution in [2.45, 2.75) is 6.42 Å². The molecule has 1 heteroatoms. The molecule has 0 radical (unpaired) electrons. The van der Waals surface area contributed by atoms with Gasteiger partial charge in [-0.1, -0.05) is 24.1 Å². The van der Waals surface area contributed by atoms with Gasteiger partial charge in [0.1, 0.15) is 0 Å². The van der Waals surface area contributed by atoms with E-state index in [0.717, 1.165) is 12.0 Å². The van der Waals surface area contributed by atoms with Gasteiger partial charge in [0.15, 0.2) is 0 Å². The molecule has 0 saturated heterocycles. The van der Waals surface area contributed by atoms with Crippen LogP contribution < -0.4 is 0 Å². The van der Waals surface area contributed by atoms with Crippen molar-refractivity contribution in [1.82, 2.24) is 0 Å². The van der Waals surface area contributed by atoms with Crippen molar-refractivity contribution in [2.24, 2.45) is 5.92 Å². The van der Waals surface area contributed by atoms with Crippen LogP contribution in [0, 0.1) is 18.3 Å². The summed E-state index contributed by atoms with van der Waals surface area (Å²) in [6.07, 6.45) is 11.8. The Bertz CT molecular complexity index is 205. The van der Waals surface area contributed by atoms with Crippen LogP contribution in [0.3, 0.4) is 0 Å². The molecule has 1 aliphatic rings. The molecule has 0 fully saturated rings. The van der Waals surface area contributed by atoms with Crippen molar-refractivity contribution in [1.29, 1.82) is 0 Å². The zero-order valence-electron chi connectivity index (χ0n) is 5.75.